The van der Waals surface area contributed by atoms with Gasteiger partial charge in [-0.2, -0.15) is 0 Å². The first-order valence-electron chi connectivity index (χ1n) is 6.41. The lowest BCUT2D eigenvalue weighted by Gasteiger charge is -2.29. The topological polar surface area (TPSA) is 37.4 Å². The summed E-state index contributed by atoms with van der Waals surface area (Å²) in [6.07, 6.45) is 9.45. The number of allylic oxidation sites excluding steroid dienone is 3. The molecule has 2 bridgehead atoms. The molecule has 1 aliphatic heterocycles. The van der Waals surface area contributed by atoms with Crippen molar-refractivity contribution in [1.29, 1.82) is 0 Å². The van der Waals surface area contributed by atoms with Crippen LogP contribution in [-0.2, 0) is 9.59 Å². The second-order valence-electron chi connectivity index (χ2n) is 5.53. The van der Waals surface area contributed by atoms with Crippen LogP contribution < -0.4 is 0 Å². The zero-order chi connectivity index (χ0) is 12.9. The first-order chi connectivity index (χ1) is 8.64. The maximum atomic E-state index is 12.4. The molecule has 2 amide bonds. The minimum absolute atomic E-state index is 0.00909. The Balaban J connectivity index is 2.00. The number of rotatable bonds is 4. The molecule has 1 heterocycles. The van der Waals surface area contributed by atoms with E-state index in [2.05, 4.69) is 25.3 Å². The zero-order valence-electron chi connectivity index (χ0n) is 10.3. The van der Waals surface area contributed by atoms with Crippen molar-refractivity contribution >= 4 is 11.8 Å². The quantitative estimate of drug-likeness (QED) is 0.559. The van der Waals surface area contributed by atoms with Crippen LogP contribution in [0.5, 0.6) is 0 Å². The van der Waals surface area contributed by atoms with Gasteiger partial charge in [-0.3, -0.25) is 14.5 Å². The number of hydrogen-bond donors (Lipinski definition) is 0. The Morgan fingerprint density at radius 3 is 2.78 bits per heavy atom. The molecule has 4 unspecified atom stereocenters. The van der Waals surface area contributed by atoms with E-state index in [0.717, 1.165) is 12.8 Å². The Morgan fingerprint density at radius 2 is 2.11 bits per heavy atom. The van der Waals surface area contributed by atoms with E-state index in [9.17, 15) is 9.59 Å². The highest BCUT2D eigenvalue weighted by Crippen LogP contribution is 2.61. The van der Waals surface area contributed by atoms with Crippen molar-refractivity contribution in [2.75, 3.05) is 6.54 Å². The van der Waals surface area contributed by atoms with Crippen molar-refractivity contribution in [3.63, 3.8) is 0 Å². The summed E-state index contributed by atoms with van der Waals surface area (Å²) in [6.45, 7) is 7.74. The van der Waals surface area contributed by atoms with Crippen molar-refractivity contribution in [3.05, 3.63) is 37.5 Å². The average Bonchev–Trinajstić information content (AvgIpc) is 2.96. The van der Waals surface area contributed by atoms with E-state index in [4.69, 9.17) is 0 Å². The first kappa shape index (κ1) is 11.5. The lowest BCUT2D eigenvalue weighted by atomic mass is 9.73. The van der Waals surface area contributed by atoms with Gasteiger partial charge in [0.15, 0.2) is 0 Å². The summed E-state index contributed by atoms with van der Waals surface area (Å²) in [5, 5.41) is 0. The van der Waals surface area contributed by atoms with Gasteiger partial charge in [-0.25, -0.2) is 0 Å². The van der Waals surface area contributed by atoms with Gasteiger partial charge in [0, 0.05) is 12.0 Å². The smallest absolute Gasteiger partial charge is 0.234 e. The monoisotopic (exact) mass is 243 g/mol. The second kappa shape index (κ2) is 3.67. The van der Waals surface area contributed by atoms with Crippen LogP contribution >= 0.6 is 0 Å². The SMILES string of the molecule is C=CCN1C(=O)C2C3C=CC(CC=C)(C3)C2C1=O. The number of hydrogen-bond acceptors (Lipinski definition) is 2. The summed E-state index contributed by atoms with van der Waals surface area (Å²) in [5.41, 5.74) is -0.153. The highest BCUT2D eigenvalue weighted by molar-refractivity contribution is 6.06. The van der Waals surface area contributed by atoms with Gasteiger partial charge in [-0.1, -0.05) is 24.3 Å². The van der Waals surface area contributed by atoms with Gasteiger partial charge in [-0.05, 0) is 18.8 Å². The molecule has 0 spiro atoms. The highest BCUT2D eigenvalue weighted by Gasteiger charge is 2.65. The minimum Gasteiger partial charge on any atom is -0.278 e. The number of nitrogens with zero attached hydrogens (tertiary/aromatic N) is 1. The molecule has 3 aliphatic rings. The van der Waals surface area contributed by atoms with Crippen molar-refractivity contribution in [3.8, 4) is 0 Å². The highest BCUT2D eigenvalue weighted by atomic mass is 16.2. The van der Waals surface area contributed by atoms with Gasteiger partial charge in [0.05, 0.1) is 11.8 Å². The van der Waals surface area contributed by atoms with Crippen molar-refractivity contribution in [2.24, 2.45) is 23.2 Å². The lowest BCUT2D eigenvalue weighted by molar-refractivity contribution is -0.140. The molecule has 1 saturated carbocycles. The van der Waals surface area contributed by atoms with Crippen molar-refractivity contribution in [2.45, 2.75) is 12.8 Å². The van der Waals surface area contributed by atoms with Crippen LogP contribution in [0.25, 0.3) is 0 Å². The van der Waals surface area contributed by atoms with Gasteiger partial charge >= 0.3 is 0 Å². The van der Waals surface area contributed by atoms with Crippen LogP contribution in [0.1, 0.15) is 12.8 Å². The summed E-state index contributed by atoms with van der Waals surface area (Å²) in [4.78, 5) is 26.1. The normalized spacial score (nSPS) is 40.4. The van der Waals surface area contributed by atoms with Crippen LogP contribution in [-0.4, -0.2) is 23.3 Å². The second-order valence-corrected chi connectivity index (χ2v) is 5.53. The molecular formula is C15H17NO2. The summed E-state index contributed by atoms with van der Waals surface area (Å²) >= 11 is 0. The van der Waals surface area contributed by atoms with E-state index in [1.807, 2.05) is 6.08 Å². The molecule has 4 atom stereocenters. The summed E-state index contributed by atoms with van der Waals surface area (Å²) in [7, 11) is 0. The number of amides is 2. The minimum atomic E-state index is -0.169. The van der Waals surface area contributed by atoms with Gasteiger partial charge in [0.25, 0.3) is 0 Å². The van der Waals surface area contributed by atoms with Gasteiger partial charge < -0.3 is 0 Å². The summed E-state index contributed by atoms with van der Waals surface area (Å²) in [5.74, 6) is -0.0923. The lowest BCUT2D eigenvalue weighted by Crippen LogP contribution is -2.35. The molecule has 0 radical (unpaired) electrons. The average molecular weight is 243 g/mol. The van der Waals surface area contributed by atoms with Gasteiger partial charge in [0.2, 0.25) is 11.8 Å². The predicted octanol–water partition coefficient (Wildman–Crippen LogP) is 1.93. The molecule has 0 N–H and O–H groups in total. The van der Waals surface area contributed by atoms with Gasteiger partial charge in [-0.15, -0.1) is 13.2 Å². The molecule has 18 heavy (non-hydrogen) atoms. The Bertz CT molecular complexity index is 479. The molecule has 94 valence electrons. The third kappa shape index (κ3) is 1.19. The Kier molecular flexibility index (Phi) is 2.34. The molecule has 3 heteroatoms. The summed E-state index contributed by atoms with van der Waals surface area (Å²) in [6, 6.07) is 0. The maximum absolute atomic E-state index is 12.4. The number of likely N-dealkylation sites (tertiary alicyclic amines) is 1. The fraction of sp³-hybridized carbons (Fsp3) is 0.467. The third-order valence-electron chi connectivity index (χ3n) is 4.65. The van der Waals surface area contributed by atoms with E-state index >= 15 is 0 Å². The fourth-order valence-corrected chi connectivity index (χ4v) is 4.01. The van der Waals surface area contributed by atoms with Crippen molar-refractivity contribution in [1.82, 2.24) is 4.90 Å². The molecule has 0 aromatic rings. The van der Waals surface area contributed by atoms with Crippen LogP contribution in [0.2, 0.25) is 0 Å². The first-order valence-corrected chi connectivity index (χ1v) is 6.41. The predicted molar refractivity (Wildman–Crippen MR) is 68.4 cm³/mol. The summed E-state index contributed by atoms with van der Waals surface area (Å²) < 4.78 is 0. The largest absolute Gasteiger partial charge is 0.278 e. The van der Waals surface area contributed by atoms with Crippen LogP contribution in [0, 0.1) is 23.2 Å². The molecule has 3 nitrogen and oxygen atoms in total. The molecule has 0 aromatic heterocycles. The number of imide groups is 1. The van der Waals surface area contributed by atoms with Gasteiger partial charge in [0.1, 0.15) is 0 Å². The number of carbonyl (C=O) groups excluding carboxylic acids is 2. The van der Waals surface area contributed by atoms with E-state index in [1.165, 1.54) is 4.90 Å². The molecule has 2 aliphatic carbocycles. The van der Waals surface area contributed by atoms with E-state index in [1.54, 1.807) is 6.08 Å². The Hall–Kier alpha value is -1.64. The standard InChI is InChI=1S/C15H17NO2/c1-3-6-15-7-5-10(9-15)11-12(15)14(18)16(8-4-2)13(11)17/h3-5,7,10-12H,1-2,6,8-9H2. The van der Waals surface area contributed by atoms with Crippen LogP contribution in [0.3, 0.4) is 0 Å². The zero-order valence-corrected chi connectivity index (χ0v) is 10.3. The number of carbonyl (C=O) groups is 2. The number of fused-ring (bicyclic) bond motifs is 5. The Labute approximate surface area is 107 Å². The molecule has 2 fully saturated rings. The van der Waals surface area contributed by atoms with Crippen LogP contribution in [0.4, 0.5) is 0 Å². The Morgan fingerprint density at radius 1 is 1.33 bits per heavy atom. The van der Waals surface area contributed by atoms with Crippen LogP contribution in [0.15, 0.2) is 37.5 Å². The van der Waals surface area contributed by atoms with Crippen molar-refractivity contribution < 1.29 is 9.59 Å². The molecule has 0 aromatic carbocycles. The molecular weight excluding hydrogens is 226 g/mol. The fourth-order valence-electron chi connectivity index (χ4n) is 4.01. The molecule has 3 rings (SSSR count). The maximum Gasteiger partial charge on any atom is 0.234 e. The third-order valence-corrected chi connectivity index (χ3v) is 4.65. The van der Waals surface area contributed by atoms with E-state index in [0.29, 0.717) is 6.54 Å². The van der Waals surface area contributed by atoms with E-state index in [-0.39, 0.29) is 35.0 Å². The molecule has 1 saturated heterocycles. The van der Waals surface area contributed by atoms with E-state index < -0.39 is 0 Å².